The van der Waals surface area contributed by atoms with Gasteiger partial charge in [-0.25, -0.2) is 0 Å². The lowest BCUT2D eigenvalue weighted by Crippen LogP contribution is -2.31. The van der Waals surface area contributed by atoms with Crippen LogP contribution in [0.2, 0.25) is 0 Å². The third-order valence-electron chi connectivity index (χ3n) is 3.13. The first kappa shape index (κ1) is 16.3. The molecule has 0 saturated heterocycles. The molecular weight excluding hydrogens is 258 g/mol. The maximum atomic E-state index is 12.2. The molecule has 0 heterocycles. The van der Waals surface area contributed by atoms with Crippen LogP contribution >= 0.6 is 0 Å². The highest BCUT2D eigenvalue weighted by molar-refractivity contribution is 6.00. The summed E-state index contributed by atoms with van der Waals surface area (Å²) in [5, 5.41) is 0. The number of benzene rings is 1. The van der Waals surface area contributed by atoms with Gasteiger partial charge in [-0.15, -0.1) is 0 Å². The van der Waals surface area contributed by atoms with Crippen molar-refractivity contribution in [1.29, 1.82) is 0 Å². The van der Waals surface area contributed by atoms with Crippen molar-refractivity contribution in [2.45, 2.75) is 26.1 Å². The van der Waals surface area contributed by atoms with E-state index in [4.69, 9.17) is 9.47 Å². The number of ether oxygens (including phenoxy) is 2. The number of nitrogens with zero attached hydrogens (tertiary/aromatic N) is 1. The number of carbonyl (C=O) groups excluding carboxylic acids is 2. The predicted molar refractivity (Wildman–Crippen MR) is 75.3 cm³/mol. The maximum Gasteiger partial charge on any atom is 0.260 e. The van der Waals surface area contributed by atoms with E-state index in [0.29, 0.717) is 31.4 Å². The molecule has 5 heteroatoms. The second-order valence-corrected chi connectivity index (χ2v) is 4.46. The molecule has 0 N–H and O–H groups in total. The van der Waals surface area contributed by atoms with Gasteiger partial charge in [0.1, 0.15) is 0 Å². The molecule has 0 unspecified atom stereocenters. The Labute approximate surface area is 119 Å². The van der Waals surface area contributed by atoms with E-state index in [1.165, 1.54) is 4.90 Å². The lowest BCUT2D eigenvalue weighted by molar-refractivity contribution is -0.118. The Morgan fingerprint density at radius 1 is 1.30 bits per heavy atom. The fourth-order valence-electron chi connectivity index (χ4n) is 1.93. The van der Waals surface area contributed by atoms with Gasteiger partial charge in [-0.2, -0.15) is 0 Å². The molecule has 0 atom stereocenters. The highest BCUT2D eigenvalue weighted by Crippen LogP contribution is 2.11. The highest BCUT2D eigenvalue weighted by atomic mass is 16.7. The number of aryl methyl sites for hydroxylation is 1. The Kier molecular flexibility index (Phi) is 6.90. The molecule has 0 aliphatic heterocycles. The molecule has 110 valence electrons. The summed E-state index contributed by atoms with van der Waals surface area (Å²) in [5.41, 5.74) is 1.41. The Hall–Kier alpha value is -1.72. The third kappa shape index (κ3) is 4.43. The number of amides is 2. The van der Waals surface area contributed by atoms with Crippen LogP contribution in [0.1, 0.15) is 28.8 Å². The molecule has 0 bridgehead atoms. The average molecular weight is 279 g/mol. The van der Waals surface area contributed by atoms with Gasteiger partial charge >= 0.3 is 0 Å². The lowest BCUT2D eigenvalue weighted by Gasteiger charge is -2.18. The quantitative estimate of drug-likeness (QED) is 0.539. The average Bonchev–Trinajstić information content (AvgIpc) is 2.47. The third-order valence-corrected chi connectivity index (χ3v) is 3.13. The molecule has 0 radical (unpaired) electrons. The Morgan fingerprint density at radius 3 is 2.50 bits per heavy atom. The van der Waals surface area contributed by atoms with Crippen LogP contribution in [0.4, 0.5) is 0 Å². The zero-order chi connectivity index (χ0) is 15.0. The van der Waals surface area contributed by atoms with Crippen LogP contribution in [0, 0.1) is 6.92 Å². The number of hydrogen-bond acceptors (Lipinski definition) is 4. The number of carbonyl (C=O) groups is 2. The van der Waals surface area contributed by atoms with Crippen molar-refractivity contribution < 1.29 is 19.1 Å². The van der Waals surface area contributed by atoms with Crippen molar-refractivity contribution in [1.82, 2.24) is 4.90 Å². The molecule has 0 spiro atoms. The van der Waals surface area contributed by atoms with Gasteiger partial charge in [0.15, 0.2) is 6.29 Å². The summed E-state index contributed by atoms with van der Waals surface area (Å²) in [6.07, 6.45) is 1.52. The minimum Gasteiger partial charge on any atom is -0.356 e. The standard InChI is InChI=1S/C15H21NO4/c1-12-7-4-5-8-13(12)15(18)16(11-17)10-6-9-14(19-2)20-3/h4-5,7-8,11,14H,6,9-10H2,1-3H3. The lowest BCUT2D eigenvalue weighted by atomic mass is 10.1. The van der Waals surface area contributed by atoms with Crippen LogP contribution in [0.3, 0.4) is 0 Å². The number of rotatable bonds is 8. The van der Waals surface area contributed by atoms with Crippen LogP contribution in [-0.2, 0) is 14.3 Å². The van der Waals surface area contributed by atoms with E-state index in [1.807, 2.05) is 19.1 Å². The van der Waals surface area contributed by atoms with Gasteiger partial charge in [0, 0.05) is 32.7 Å². The van der Waals surface area contributed by atoms with E-state index in [2.05, 4.69) is 0 Å². The summed E-state index contributed by atoms with van der Waals surface area (Å²) in [7, 11) is 3.12. The zero-order valence-corrected chi connectivity index (χ0v) is 12.2. The van der Waals surface area contributed by atoms with E-state index < -0.39 is 0 Å². The first-order valence-electron chi connectivity index (χ1n) is 6.51. The molecule has 1 rings (SSSR count). The van der Waals surface area contributed by atoms with Crippen LogP contribution in [0.5, 0.6) is 0 Å². The van der Waals surface area contributed by atoms with Crippen molar-refractivity contribution in [3.8, 4) is 0 Å². The Bertz CT molecular complexity index is 443. The zero-order valence-electron chi connectivity index (χ0n) is 12.2. The number of imide groups is 1. The van der Waals surface area contributed by atoms with Crippen LogP contribution in [0.25, 0.3) is 0 Å². The molecule has 20 heavy (non-hydrogen) atoms. The number of methoxy groups -OCH3 is 2. The summed E-state index contributed by atoms with van der Waals surface area (Å²) in [6.45, 7) is 2.20. The molecule has 1 aromatic carbocycles. The normalized spacial score (nSPS) is 10.6. The molecule has 0 aliphatic rings. The Morgan fingerprint density at radius 2 is 1.95 bits per heavy atom. The molecule has 0 aliphatic carbocycles. The molecule has 0 aromatic heterocycles. The molecule has 2 amide bonds. The topological polar surface area (TPSA) is 55.8 Å². The fourth-order valence-corrected chi connectivity index (χ4v) is 1.93. The second kappa shape index (κ2) is 8.45. The first-order valence-corrected chi connectivity index (χ1v) is 6.51. The van der Waals surface area contributed by atoms with Crippen LogP contribution in [-0.4, -0.2) is 44.3 Å². The number of hydrogen-bond donors (Lipinski definition) is 0. The molecule has 1 aromatic rings. The highest BCUT2D eigenvalue weighted by Gasteiger charge is 2.17. The van der Waals surface area contributed by atoms with Gasteiger partial charge in [-0.05, 0) is 25.0 Å². The van der Waals surface area contributed by atoms with Gasteiger partial charge < -0.3 is 9.47 Å². The van der Waals surface area contributed by atoms with Gasteiger partial charge in [0.25, 0.3) is 5.91 Å². The van der Waals surface area contributed by atoms with Crippen molar-refractivity contribution in [2.24, 2.45) is 0 Å². The van der Waals surface area contributed by atoms with E-state index in [9.17, 15) is 9.59 Å². The van der Waals surface area contributed by atoms with Crippen LogP contribution < -0.4 is 0 Å². The van der Waals surface area contributed by atoms with Gasteiger partial charge in [0.2, 0.25) is 6.41 Å². The van der Waals surface area contributed by atoms with Gasteiger partial charge in [-0.3, -0.25) is 14.5 Å². The van der Waals surface area contributed by atoms with Crippen molar-refractivity contribution in [2.75, 3.05) is 20.8 Å². The van der Waals surface area contributed by atoms with Gasteiger partial charge in [-0.1, -0.05) is 18.2 Å². The predicted octanol–water partition coefficient (Wildman–Crippen LogP) is 1.99. The molecule has 0 saturated carbocycles. The SMILES string of the molecule is COC(CCCN(C=O)C(=O)c1ccccc1C)OC. The molecular formula is C15H21NO4. The van der Waals surface area contributed by atoms with E-state index in [-0.39, 0.29) is 12.2 Å². The second-order valence-electron chi connectivity index (χ2n) is 4.46. The summed E-state index contributed by atoms with van der Waals surface area (Å²) >= 11 is 0. The monoisotopic (exact) mass is 279 g/mol. The van der Waals surface area contributed by atoms with Crippen LogP contribution in [0.15, 0.2) is 24.3 Å². The minimum atomic E-state index is -0.308. The molecule has 5 nitrogen and oxygen atoms in total. The summed E-state index contributed by atoms with van der Waals surface area (Å²) in [6, 6.07) is 7.22. The van der Waals surface area contributed by atoms with Crippen molar-refractivity contribution >= 4 is 12.3 Å². The fraction of sp³-hybridized carbons (Fsp3) is 0.467. The van der Waals surface area contributed by atoms with Crippen molar-refractivity contribution in [3.05, 3.63) is 35.4 Å². The minimum absolute atomic E-state index is 0.274. The molecule has 0 fully saturated rings. The van der Waals surface area contributed by atoms with E-state index >= 15 is 0 Å². The smallest absolute Gasteiger partial charge is 0.260 e. The summed E-state index contributed by atoms with van der Waals surface area (Å²) in [4.78, 5) is 24.5. The van der Waals surface area contributed by atoms with E-state index in [0.717, 1.165) is 5.56 Å². The van der Waals surface area contributed by atoms with E-state index in [1.54, 1.807) is 26.4 Å². The maximum absolute atomic E-state index is 12.2. The summed E-state index contributed by atoms with van der Waals surface area (Å²) in [5.74, 6) is -0.274. The Balaban J connectivity index is 2.60. The largest absolute Gasteiger partial charge is 0.356 e. The first-order chi connectivity index (χ1) is 9.63. The van der Waals surface area contributed by atoms with Crippen molar-refractivity contribution in [3.63, 3.8) is 0 Å². The van der Waals surface area contributed by atoms with Gasteiger partial charge in [0.05, 0.1) is 0 Å². The summed E-state index contributed by atoms with van der Waals surface area (Å²) < 4.78 is 10.1.